The van der Waals surface area contributed by atoms with Crippen molar-refractivity contribution in [1.29, 1.82) is 0 Å². The van der Waals surface area contributed by atoms with E-state index in [1.165, 1.54) is 0 Å². The predicted octanol–water partition coefficient (Wildman–Crippen LogP) is 0.463. The van der Waals surface area contributed by atoms with Crippen molar-refractivity contribution >= 4 is 5.91 Å². The lowest BCUT2D eigenvalue weighted by atomic mass is 9.88. The number of hydroxylamine groups is 1. The normalized spacial score (nSPS) is 32.3. The Bertz CT molecular complexity index is 142. The monoisotopic (exact) mass is 129 g/mol. The van der Waals surface area contributed by atoms with E-state index in [2.05, 4.69) is 5.48 Å². The van der Waals surface area contributed by atoms with Crippen molar-refractivity contribution in [3.05, 3.63) is 0 Å². The third-order valence-electron chi connectivity index (χ3n) is 1.93. The average Bonchev–Trinajstić information content (AvgIpc) is 1.96. The molecule has 1 saturated heterocycles. The van der Waals surface area contributed by atoms with E-state index in [9.17, 15) is 4.79 Å². The Morgan fingerprint density at radius 1 is 1.67 bits per heavy atom. The Hall–Kier alpha value is -0.570. The Balaban J connectivity index is 2.78. The third kappa shape index (κ3) is 0.812. The topological polar surface area (TPSA) is 38.3 Å². The average molecular weight is 129 g/mol. The summed E-state index contributed by atoms with van der Waals surface area (Å²) in [6.45, 7) is 5.60. The van der Waals surface area contributed by atoms with Gasteiger partial charge in [0.05, 0.1) is 11.5 Å². The van der Waals surface area contributed by atoms with Gasteiger partial charge in [-0.1, -0.05) is 0 Å². The molecule has 0 radical (unpaired) electrons. The molecular formula is C6H11NO2. The van der Waals surface area contributed by atoms with E-state index in [1.807, 2.05) is 20.8 Å². The molecule has 0 bridgehead atoms. The fraction of sp³-hybridized carbons (Fsp3) is 0.833. The highest BCUT2D eigenvalue weighted by atomic mass is 16.7. The number of carbonyl (C=O) groups is 1. The highest BCUT2D eigenvalue weighted by molar-refractivity contribution is 5.82. The van der Waals surface area contributed by atoms with Gasteiger partial charge in [-0.15, -0.1) is 0 Å². The van der Waals surface area contributed by atoms with Crippen molar-refractivity contribution in [2.45, 2.75) is 26.9 Å². The van der Waals surface area contributed by atoms with Crippen LogP contribution in [0.2, 0.25) is 0 Å². The maximum atomic E-state index is 10.9. The molecule has 1 aliphatic heterocycles. The molecule has 0 aromatic carbocycles. The van der Waals surface area contributed by atoms with Gasteiger partial charge in [0.15, 0.2) is 0 Å². The van der Waals surface area contributed by atoms with E-state index in [0.29, 0.717) is 0 Å². The van der Waals surface area contributed by atoms with Gasteiger partial charge in [-0.25, -0.2) is 5.48 Å². The molecule has 3 nitrogen and oxygen atoms in total. The van der Waals surface area contributed by atoms with Gasteiger partial charge < -0.3 is 0 Å². The number of hydrogen-bond acceptors (Lipinski definition) is 2. The number of nitrogens with one attached hydrogen (secondary N) is 1. The maximum absolute atomic E-state index is 10.9. The minimum Gasteiger partial charge on any atom is -0.272 e. The first-order chi connectivity index (χ1) is 4.05. The van der Waals surface area contributed by atoms with Crippen LogP contribution in [0.1, 0.15) is 20.8 Å². The van der Waals surface area contributed by atoms with Gasteiger partial charge in [-0.05, 0) is 20.8 Å². The standard InChI is InChI=1S/C6H11NO2/c1-4-6(2,3)5(8)7-9-4/h4H,1-3H3,(H,7,8). The van der Waals surface area contributed by atoms with Gasteiger partial charge in [-0.3, -0.25) is 9.63 Å². The first-order valence-corrected chi connectivity index (χ1v) is 3.01. The van der Waals surface area contributed by atoms with E-state index < -0.39 is 0 Å². The Morgan fingerprint density at radius 2 is 2.22 bits per heavy atom. The van der Waals surface area contributed by atoms with E-state index in [-0.39, 0.29) is 17.4 Å². The van der Waals surface area contributed by atoms with Crippen LogP contribution < -0.4 is 5.48 Å². The molecule has 1 amide bonds. The lowest BCUT2D eigenvalue weighted by molar-refractivity contribution is -0.128. The molecule has 3 heteroatoms. The second-order valence-corrected chi connectivity index (χ2v) is 2.91. The number of rotatable bonds is 0. The first-order valence-electron chi connectivity index (χ1n) is 3.01. The van der Waals surface area contributed by atoms with Crippen molar-refractivity contribution in [2.24, 2.45) is 5.41 Å². The van der Waals surface area contributed by atoms with Crippen LogP contribution in [-0.2, 0) is 9.63 Å². The second-order valence-electron chi connectivity index (χ2n) is 2.91. The van der Waals surface area contributed by atoms with E-state index in [1.54, 1.807) is 0 Å². The van der Waals surface area contributed by atoms with Crippen LogP contribution in [0.4, 0.5) is 0 Å². The molecule has 0 aromatic rings. The minimum absolute atomic E-state index is 0.0231. The minimum atomic E-state index is -0.361. The molecular weight excluding hydrogens is 118 g/mol. The molecule has 1 rings (SSSR count). The van der Waals surface area contributed by atoms with Crippen molar-refractivity contribution in [3.63, 3.8) is 0 Å². The fourth-order valence-corrected chi connectivity index (χ4v) is 0.605. The molecule has 0 aliphatic carbocycles. The lowest BCUT2D eigenvalue weighted by Crippen LogP contribution is -2.29. The molecule has 1 N–H and O–H groups in total. The van der Waals surface area contributed by atoms with Gasteiger partial charge in [0.1, 0.15) is 0 Å². The Morgan fingerprint density at radius 3 is 2.33 bits per heavy atom. The summed E-state index contributed by atoms with van der Waals surface area (Å²) in [5.41, 5.74) is 1.96. The van der Waals surface area contributed by atoms with Crippen molar-refractivity contribution < 1.29 is 9.63 Å². The van der Waals surface area contributed by atoms with E-state index >= 15 is 0 Å². The quantitative estimate of drug-likeness (QED) is 0.516. The molecule has 1 fully saturated rings. The summed E-state index contributed by atoms with van der Waals surface area (Å²) in [6.07, 6.45) is -0.0231. The lowest BCUT2D eigenvalue weighted by Gasteiger charge is -2.15. The molecule has 1 aliphatic rings. The smallest absolute Gasteiger partial charge is 0.251 e. The van der Waals surface area contributed by atoms with Gasteiger partial charge in [0.25, 0.3) is 5.91 Å². The number of hydrogen-bond donors (Lipinski definition) is 1. The molecule has 52 valence electrons. The highest BCUT2D eigenvalue weighted by Gasteiger charge is 2.41. The van der Waals surface area contributed by atoms with Gasteiger partial charge in [0.2, 0.25) is 0 Å². The predicted molar refractivity (Wildman–Crippen MR) is 32.5 cm³/mol. The molecule has 0 saturated carbocycles. The van der Waals surface area contributed by atoms with Gasteiger partial charge in [-0.2, -0.15) is 0 Å². The third-order valence-corrected chi connectivity index (χ3v) is 1.93. The Labute approximate surface area is 54.3 Å². The van der Waals surface area contributed by atoms with Crippen molar-refractivity contribution in [2.75, 3.05) is 0 Å². The SMILES string of the molecule is CC1ONC(=O)C1(C)C. The van der Waals surface area contributed by atoms with Gasteiger partial charge in [0, 0.05) is 0 Å². The first kappa shape index (κ1) is 6.55. The summed E-state index contributed by atoms with van der Waals surface area (Å²) in [4.78, 5) is 15.8. The van der Waals surface area contributed by atoms with Gasteiger partial charge >= 0.3 is 0 Å². The second kappa shape index (κ2) is 1.70. The fourth-order valence-electron chi connectivity index (χ4n) is 0.605. The molecule has 0 aromatic heterocycles. The summed E-state index contributed by atoms with van der Waals surface area (Å²) in [5, 5.41) is 0. The van der Waals surface area contributed by atoms with Crippen molar-refractivity contribution in [1.82, 2.24) is 5.48 Å². The zero-order chi connectivity index (χ0) is 7.07. The Kier molecular flexibility index (Phi) is 1.24. The van der Waals surface area contributed by atoms with Crippen LogP contribution in [0.15, 0.2) is 0 Å². The molecule has 1 unspecified atom stereocenters. The van der Waals surface area contributed by atoms with Crippen LogP contribution >= 0.6 is 0 Å². The van der Waals surface area contributed by atoms with Crippen LogP contribution in [0.5, 0.6) is 0 Å². The highest BCUT2D eigenvalue weighted by Crippen LogP contribution is 2.27. The number of carbonyl (C=O) groups excluding carboxylic acids is 1. The van der Waals surface area contributed by atoms with Crippen LogP contribution in [-0.4, -0.2) is 12.0 Å². The maximum Gasteiger partial charge on any atom is 0.251 e. The largest absolute Gasteiger partial charge is 0.272 e. The zero-order valence-corrected chi connectivity index (χ0v) is 5.89. The van der Waals surface area contributed by atoms with Crippen LogP contribution in [0.25, 0.3) is 0 Å². The summed E-state index contributed by atoms with van der Waals surface area (Å²) in [6, 6.07) is 0. The van der Waals surface area contributed by atoms with Crippen LogP contribution in [0.3, 0.4) is 0 Å². The molecule has 1 atom stereocenters. The summed E-state index contributed by atoms with van der Waals surface area (Å²) < 4.78 is 0. The summed E-state index contributed by atoms with van der Waals surface area (Å²) in [5.74, 6) is -0.0324. The molecule has 1 heterocycles. The van der Waals surface area contributed by atoms with E-state index in [0.717, 1.165) is 0 Å². The zero-order valence-electron chi connectivity index (χ0n) is 5.89. The van der Waals surface area contributed by atoms with Crippen molar-refractivity contribution in [3.8, 4) is 0 Å². The summed E-state index contributed by atoms with van der Waals surface area (Å²) in [7, 11) is 0. The van der Waals surface area contributed by atoms with Crippen LogP contribution in [0, 0.1) is 5.41 Å². The molecule has 0 spiro atoms. The number of amides is 1. The molecule has 9 heavy (non-hydrogen) atoms. The van der Waals surface area contributed by atoms with E-state index in [4.69, 9.17) is 4.84 Å². The summed E-state index contributed by atoms with van der Waals surface area (Å²) >= 11 is 0.